The van der Waals surface area contributed by atoms with E-state index in [0.29, 0.717) is 22.7 Å². The van der Waals surface area contributed by atoms with Gasteiger partial charge in [0.25, 0.3) is 0 Å². The summed E-state index contributed by atoms with van der Waals surface area (Å²) in [4.78, 5) is 11.9. The molecule has 0 radical (unpaired) electrons. The van der Waals surface area contributed by atoms with Crippen LogP contribution < -0.4 is 20.2 Å². The molecule has 0 atom stereocenters. The Morgan fingerprint density at radius 2 is 1.96 bits per heavy atom. The Bertz CT molecular complexity index is 763. The molecule has 0 fully saturated rings. The molecule has 0 aliphatic rings. The molecule has 0 aliphatic carbocycles. The molecule has 0 bridgehead atoms. The predicted octanol–water partition coefficient (Wildman–Crippen LogP) is 3.93. The second-order valence-electron chi connectivity index (χ2n) is 4.90. The monoisotopic (exact) mass is 391 g/mol. The van der Waals surface area contributed by atoms with E-state index in [-0.39, 0.29) is 0 Å². The summed E-state index contributed by atoms with van der Waals surface area (Å²) >= 11 is 3.41. The van der Waals surface area contributed by atoms with Crippen molar-refractivity contribution in [1.29, 1.82) is 0 Å². The number of methoxy groups -OCH3 is 2. The molecule has 0 unspecified atom stereocenters. The molecular formula is C17H18BrN3O3. The lowest BCUT2D eigenvalue weighted by molar-refractivity contribution is 0.252. The van der Waals surface area contributed by atoms with E-state index in [4.69, 9.17) is 9.47 Å². The van der Waals surface area contributed by atoms with Crippen molar-refractivity contribution in [2.75, 3.05) is 19.5 Å². The van der Waals surface area contributed by atoms with Gasteiger partial charge >= 0.3 is 6.03 Å². The number of hydrogen-bond donors (Lipinski definition) is 2. The highest BCUT2D eigenvalue weighted by atomic mass is 79.9. The van der Waals surface area contributed by atoms with E-state index in [1.54, 1.807) is 38.5 Å². The zero-order chi connectivity index (χ0) is 17.5. The zero-order valence-electron chi connectivity index (χ0n) is 13.6. The van der Waals surface area contributed by atoms with Crippen LogP contribution in [0.4, 0.5) is 10.5 Å². The highest BCUT2D eigenvalue weighted by molar-refractivity contribution is 9.10. The first-order chi connectivity index (χ1) is 11.5. The molecule has 0 saturated heterocycles. The van der Waals surface area contributed by atoms with Crippen molar-refractivity contribution in [1.82, 2.24) is 5.43 Å². The van der Waals surface area contributed by atoms with Crippen molar-refractivity contribution >= 4 is 33.9 Å². The van der Waals surface area contributed by atoms with Gasteiger partial charge in [-0.1, -0.05) is 15.9 Å². The molecule has 0 heterocycles. The Hall–Kier alpha value is -2.54. The number of hydrazone groups is 1. The van der Waals surface area contributed by atoms with Gasteiger partial charge in [-0.2, -0.15) is 5.10 Å². The predicted molar refractivity (Wildman–Crippen MR) is 98.2 cm³/mol. The SMILES string of the molecule is COc1ccc(OC)c(/C=N/NC(=O)Nc2ccc(Br)c(C)c2)c1. The number of carbonyl (C=O) groups is 1. The lowest BCUT2D eigenvalue weighted by Crippen LogP contribution is -2.24. The fourth-order valence-corrected chi connectivity index (χ4v) is 2.23. The number of nitrogens with zero attached hydrogens (tertiary/aromatic N) is 1. The van der Waals surface area contributed by atoms with Crippen LogP contribution in [0.5, 0.6) is 11.5 Å². The first kappa shape index (κ1) is 17.8. The minimum absolute atomic E-state index is 0.435. The summed E-state index contributed by atoms with van der Waals surface area (Å²) in [5.41, 5.74) is 4.81. The third kappa shape index (κ3) is 4.73. The summed E-state index contributed by atoms with van der Waals surface area (Å²) in [5.74, 6) is 1.30. The van der Waals surface area contributed by atoms with E-state index in [1.807, 2.05) is 19.1 Å². The maximum atomic E-state index is 11.9. The van der Waals surface area contributed by atoms with Crippen LogP contribution in [-0.2, 0) is 0 Å². The topological polar surface area (TPSA) is 72.0 Å². The maximum absolute atomic E-state index is 11.9. The molecular weight excluding hydrogens is 374 g/mol. The van der Waals surface area contributed by atoms with Crippen LogP contribution in [0, 0.1) is 6.92 Å². The third-order valence-corrected chi connectivity index (χ3v) is 4.11. The largest absolute Gasteiger partial charge is 0.497 e. The number of amides is 2. The Labute approximate surface area is 149 Å². The zero-order valence-corrected chi connectivity index (χ0v) is 15.2. The highest BCUT2D eigenvalue weighted by Crippen LogP contribution is 2.22. The average molecular weight is 392 g/mol. The van der Waals surface area contributed by atoms with Gasteiger partial charge in [0.2, 0.25) is 0 Å². The first-order valence-corrected chi connectivity index (χ1v) is 7.91. The fourth-order valence-electron chi connectivity index (χ4n) is 1.98. The molecule has 0 aromatic heterocycles. The van der Waals surface area contributed by atoms with Gasteiger partial charge in [0.05, 0.1) is 20.4 Å². The van der Waals surface area contributed by atoms with Gasteiger partial charge < -0.3 is 14.8 Å². The van der Waals surface area contributed by atoms with E-state index in [9.17, 15) is 4.79 Å². The summed E-state index contributed by atoms with van der Waals surface area (Å²) < 4.78 is 11.4. The van der Waals surface area contributed by atoms with Crippen LogP contribution in [0.15, 0.2) is 46.0 Å². The van der Waals surface area contributed by atoms with Gasteiger partial charge in [-0.05, 0) is 48.9 Å². The average Bonchev–Trinajstić information content (AvgIpc) is 2.58. The van der Waals surface area contributed by atoms with Gasteiger partial charge in [-0.25, -0.2) is 10.2 Å². The van der Waals surface area contributed by atoms with E-state index in [1.165, 1.54) is 6.21 Å². The van der Waals surface area contributed by atoms with Crippen molar-refractivity contribution in [3.05, 3.63) is 52.0 Å². The van der Waals surface area contributed by atoms with E-state index in [2.05, 4.69) is 31.8 Å². The lowest BCUT2D eigenvalue weighted by atomic mass is 10.2. The Morgan fingerprint density at radius 1 is 1.17 bits per heavy atom. The Balaban J connectivity index is 2.00. The molecule has 24 heavy (non-hydrogen) atoms. The number of aryl methyl sites for hydroxylation is 1. The third-order valence-electron chi connectivity index (χ3n) is 3.22. The Morgan fingerprint density at radius 3 is 2.62 bits per heavy atom. The molecule has 0 saturated carbocycles. The normalized spacial score (nSPS) is 10.5. The number of urea groups is 1. The number of halogens is 1. The smallest absolute Gasteiger partial charge is 0.339 e. The minimum atomic E-state index is -0.435. The minimum Gasteiger partial charge on any atom is -0.497 e. The molecule has 6 nitrogen and oxygen atoms in total. The molecule has 0 aliphatic heterocycles. The molecule has 0 spiro atoms. The molecule has 2 amide bonds. The number of benzene rings is 2. The van der Waals surface area contributed by atoms with Crippen molar-refractivity contribution < 1.29 is 14.3 Å². The van der Waals surface area contributed by atoms with Crippen LogP contribution in [0.2, 0.25) is 0 Å². The summed E-state index contributed by atoms with van der Waals surface area (Å²) in [6, 6.07) is 10.4. The summed E-state index contributed by atoms with van der Waals surface area (Å²) in [6.45, 7) is 1.94. The van der Waals surface area contributed by atoms with Crippen molar-refractivity contribution in [3.8, 4) is 11.5 Å². The second kappa shape index (κ2) is 8.35. The maximum Gasteiger partial charge on any atom is 0.339 e. The molecule has 7 heteroatoms. The number of rotatable bonds is 5. The van der Waals surface area contributed by atoms with Gasteiger partial charge in [-0.15, -0.1) is 0 Å². The number of hydrogen-bond acceptors (Lipinski definition) is 4. The van der Waals surface area contributed by atoms with Crippen LogP contribution in [0.25, 0.3) is 0 Å². The lowest BCUT2D eigenvalue weighted by Gasteiger charge is -2.07. The summed E-state index contributed by atoms with van der Waals surface area (Å²) in [7, 11) is 3.14. The number of carbonyl (C=O) groups excluding carboxylic acids is 1. The van der Waals surface area contributed by atoms with Gasteiger partial charge in [0, 0.05) is 15.7 Å². The van der Waals surface area contributed by atoms with Crippen LogP contribution >= 0.6 is 15.9 Å². The standard InChI is InChI=1S/C17H18BrN3O3/c1-11-8-13(4-6-15(11)18)20-17(22)21-19-10-12-9-14(23-2)5-7-16(12)24-3/h4-10H,1-3H3,(H2,20,21,22)/b19-10+. The van der Waals surface area contributed by atoms with Crippen molar-refractivity contribution in [3.63, 3.8) is 0 Å². The van der Waals surface area contributed by atoms with Gasteiger partial charge in [-0.3, -0.25) is 0 Å². The second-order valence-corrected chi connectivity index (χ2v) is 5.75. The molecule has 2 rings (SSSR count). The quantitative estimate of drug-likeness (QED) is 0.598. The van der Waals surface area contributed by atoms with E-state index >= 15 is 0 Å². The molecule has 2 aromatic carbocycles. The van der Waals surface area contributed by atoms with Crippen LogP contribution in [0.1, 0.15) is 11.1 Å². The highest BCUT2D eigenvalue weighted by Gasteiger charge is 2.04. The van der Waals surface area contributed by atoms with Gasteiger partial charge in [0.1, 0.15) is 11.5 Å². The fraction of sp³-hybridized carbons (Fsp3) is 0.176. The number of ether oxygens (including phenoxy) is 2. The van der Waals surface area contributed by atoms with E-state index in [0.717, 1.165) is 10.0 Å². The van der Waals surface area contributed by atoms with Crippen molar-refractivity contribution in [2.24, 2.45) is 5.10 Å². The van der Waals surface area contributed by atoms with Crippen LogP contribution in [-0.4, -0.2) is 26.5 Å². The first-order valence-electron chi connectivity index (χ1n) is 7.11. The van der Waals surface area contributed by atoms with E-state index < -0.39 is 6.03 Å². The molecule has 2 aromatic rings. The Kier molecular flexibility index (Phi) is 6.20. The van der Waals surface area contributed by atoms with Crippen LogP contribution in [0.3, 0.4) is 0 Å². The van der Waals surface area contributed by atoms with Gasteiger partial charge in [0.15, 0.2) is 0 Å². The number of anilines is 1. The molecule has 2 N–H and O–H groups in total. The number of nitrogens with one attached hydrogen (secondary N) is 2. The summed E-state index contributed by atoms with van der Waals surface area (Å²) in [5, 5.41) is 6.64. The summed E-state index contributed by atoms with van der Waals surface area (Å²) in [6.07, 6.45) is 1.49. The molecule has 126 valence electrons. The van der Waals surface area contributed by atoms with Crippen molar-refractivity contribution in [2.45, 2.75) is 6.92 Å².